The van der Waals surface area contributed by atoms with Crippen LogP contribution >= 0.6 is 39.1 Å². The molecular formula is C6H4BrCl2N. The zero-order chi connectivity index (χ0) is 7.72. The van der Waals surface area contributed by atoms with Crippen molar-refractivity contribution in [1.82, 2.24) is 4.98 Å². The maximum absolute atomic E-state index is 5.73. The molecule has 0 bridgehead atoms. The quantitative estimate of drug-likeness (QED) is 0.633. The topological polar surface area (TPSA) is 12.9 Å². The average Bonchev–Trinajstić information content (AvgIpc) is 1.84. The fourth-order valence-electron chi connectivity index (χ4n) is 0.529. The average molecular weight is 241 g/mol. The van der Waals surface area contributed by atoms with Gasteiger partial charge in [0.25, 0.3) is 0 Å². The van der Waals surface area contributed by atoms with Crippen LogP contribution in [0.15, 0.2) is 10.5 Å². The van der Waals surface area contributed by atoms with Crippen LogP contribution < -0.4 is 0 Å². The third-order valence-electron chi connectivity index (χ3n) is 1.06. The zero-order valence-electron chi connectivity index (χ0n) is 5.16. The highest BCUT2D eigenvalue weighted by molar-refractivity contribution is 9.10. The second-order valence-electron chi connectivity index (χ2n) is 1.83. The molecule has 1 nitrogen and oxygen atoms in total. The molecule has 0 N–H and O–H groups in total. The minimum atomic E-state index is 0.446. The van der Waals surface area contributed by atoms with E-state index in [0.717, 1.165) is 10.2 Å². The molecule has 1 rings (SSSR count). The van der Waals surface area contributed by atoms with Gasteiger partial charge in [0, 0.05) is 0 Å². The number of aryl methyl sites for hydroxylation is 1. The van der Waals surface area contributed by atoms with E-state index in [1.165, 1.54) is 0 Å². The third kappa shape index (κ3) is 1.62. The predicted octanol–water partition coefficient (Wildman–Crippen LogP) is 3.46. The van der Waals surface area contributed by atoms with E-state index < -0.39 is 0 Å². The van der Waals surface area contributed by atoms with Gasteiger partial charge in [0.15, 0.2) is 0 Å². The number of rotatable bonds is 0. The molecule has 0 aromatic carbocycles. The fraction of sp³-hybridized carbons (Fsp3) is 0.167. The second kappa shape index (κ2) is 3.07. The van der Waals surface area contributed by atoms with E-state index in [1.807, 2.05) is 0 Å². The van der Waals surface area contributed by atoms with E-state index in [1.54, 1.807) is 13.0 Å². The Morgan fingerprint density at radius 3 is 2.60 bits per heavy atom. The number of nitrogens with zero attached hydrogens (tertiary/aromatic N) is 1. The van der Waals surface area contributed by atoms with Gasteiger partial charge in [-0.2, -0.15) is 0 Å². The largest absolute Gasteiger partial charge is 0.239 e. The molecule has 0 atom stereocenters. The van der Waals surface area contributed by atoms with Crippen molar-refractivity contribution in [1.29, 1.82) is 0 Å². The van der Waals surface area contributed by atoms with Gasteiger partial charge in [0.05, 0.1) is 15.2 Å². The van der Waals surface area contributed by atoms with Crippen LogP contribution in [0.2, 0.25) is 10.2 Å². The molecule has 0 saturated heterocycles. The second-order valence-corrected chi connectivity index (χ2v) is 3.45. The molecule has 0 spiro atoms. The highest BCUT2D eigenvalue weighted by atomic mass is 79.9. The maximum atomic E-state index is 5.73. The van der Waals surface area contributed by atoms with E-state index in [4.69, 9.17) is 23.2 Å². The first-order chi connectivity index (χ1) is 4.61. The first kappa shape index (κ1) is 8.31. The summed E-state index contributed by atoms with van der Waals surface area (Å²) in [6.45, 7) is 1.81. The summed E-state index contributed by atoms with van der Waals surface area (Å²) in [5.74, 6) is 0. The number of aromatic nitrogens is 1. The van der Waals surface area contributed by atoms with E-state index in [9.17, 15) is 0 Å². The molecule has 0 amide bonds. The molecule has 0 aliphatic heterocycles. The lowest BCUT2D eigenvalue weighted by atomic mass is 10.4. The summed E-state index contributed by atoms with van der Waals surface area (Å²) in [6.07, 6.45) is 0. The number of halogens is 3. The Kier molecular flexibility index (Phi) is 2.55. The van der Waals surface area contributed by atoms with Crippen molar-refractivity contribution in [2.45, 2.75) is 6.92 Å². The van der Waals surface area contributed by atoms with Crippen LogP contribution in [0.4, 0.5) is 0 Å². The van der Waals surface area contributed by atoms with Gasteiger partial charge in [-0.15, -0.1) is 0 Å². The van der Waals surface area contributed by atoms with Crippen LogP contribution in [0.5, 0.6) is 0 Å². The van der Waals surface area contributed by atoms with Crippen LogP contribution in [0.25, 0.3) is 0 Å². The lowest BCUT2D eigenvalue weighted by molar-refractivity contribution is 1.19. The van der Waals surface area contributed by atoms with Crippen LogP contribution in [-0.4, -0.2) is 4.98 Å². The molecule has 0 aliphatic carbocycles. The van der Waals surface area contributed by atoms with E-state index in [0.29, 0.717) is 10.2 Å². The summed E-state index contributed by atoms with van der Waals surface area (Å²) in [4.78, 5) is 3.96. The molecule has 54 valence electrons. The zero-order valence-corrected chi connectivity index (χ0v) is 8.26. The minimum absolute atomic E-state index is 0.446. The summed E-state index contributed by atoms with van der Waals surface area (Å²) in [5, 5.41) is 1.07. The van der Waals surface area contributed by atoms with Crippen molar-refractivity contribution in [3.63, 3.8) is 0 Å². The van der Waals surface area contributed by atoms with Crippen molar-refractivity contribution >= 4 is 39.1 Å². The van der Waals surface area contributed by atoms with E-state index in [-0.39, 0.29) is 0 Å². The van der Waals surface area contributed by atoms with Crippen molar-refractivity contribution < 1.29 is 0 Å². The molecular weight excluding hydrogens is 237 g/mol. The van der Waals surface area contributed by atoms with Gasteiger partial charge >= 0.3 is 0 Å². The van der Waals surface area contributed by atoms with Crippen LogP contribution in [0, 0.1) is 6.92 Å². The first-order valence-corrected chi connectivity index (χ1v) is 4.14. The molecule has 0 fully saturated rings. The monoisotopic (exact) mass is 239 g/mol. The molecule has 1 aromatic heterocycles. The molecule has 10 heavy (non-hydrogen) atoms. The Labute approximate surface area is 77.5 Å². The maximum Gasteiger partial charge on any atom is 0.143 e. The summed E-state index contributed by atoms with van der Waals surface area (Å²) in [5.41, 5.74) is 0.745. The number of hydrogen-bond donors (Lipinski definition) is 0. The Balaban J connectivity index is 3.28. The third-order valence-corrected chi connectivity index (χ3v) is 2.57. The lowest BCUT2D eigenvalue weighted by Gasteiger charge is -1.98. The summed E-state index contributed by atoms with van der Waals surface area (Å²) < 4.78 is 0.727. The van der Waals surface area contributed by atoms with Gasteiger partial charge in [-0.3, -0.25) is 0 Å². The molecule has 0 unspecified atom stereocenters. The standard InChI is InChI=1S/C6H4BrCl2N/c1-3-5(8)2-4(7)6(9)10-3/h2H,1H3. The predicted molar refractivity (Wildman–Crippen MR) is 46.7 cm³/mol. The van der Waals surface area contributed by atoms with Crippen molar-refractivity contribution in [3.05, 3.63) is 26.4 Å². The Bertz CT molecular complexity index is 212. The van der Waals surface area contributed by atoms with E-state index >= 15 is 0 Å². The van der Waals surface area contributed by atoms with Gasteiger partial charge < -0.3 is 0 Å². The highest BCUT2D eigenvalue weighted by Crippen LogP contribution is 2.25. The Morgan fingerprint density at radius 2 is 2.10 bits per heavy atom. The molecule has 0 aliphatic rings. The molecule has 4 heteroatoms. The smallest absolute Gasteiger partial charge is 0.143 e. The summed E-state index contributed by atoms with van der Waals surface area (Å²) in [6, 6.07) is 1.73. The SMILES string of the molecule is Cc1nc(Cl)c(Br)cc1Cl. The van der Waals surface area contributed by atoms with Gasteiger partial charge in [0.2, 0.25) is 0 Å². The molecule has 1 aromatic rings. The molecule has 1 heterocycles. The highest BCUT2D eigenvalue weighted by Gasteiger charge is 2.01. The minimum Gasteiger partial charge on any atom is -0.239 e. The fourth-order valence-corrected chi connectivity index (χ4v) is 1.31. The summed E-state index contributed by atoms with van der Waals surface area (Å²) in [7, 11) is 0. The van der Waals surface area contributed by atoms with Gasteiger partial charge in [-0.05, 0) is 28.9 Å². The van der Waals surface area contributed by atoms with Gasteiger partial charge in [-0.25, -0.2) is 4.98 Å². The summed E-state index contributed by atoms with van der Waals surface area (Å²) >= 11 is 14.6. The van der Waals surface area contributed by atoms with Crippen molar-refractivity contribution in [2.75, 3.05) is 0 Å². The van der Waals surface area contributed by atoms with Crippen molar-refractivity contribution in [3.8, 4) is 0 Å². The van der Waals surface area contributed by atoms with Crippen LogP contribution in [-0.2, 0) is 0 Å². The molecule has 0 radical (unpaired) electrons. The van der Waals surface area contributed by atoms with E-state index in [2.05, 4.69) is 20.9 Å². The number of pyridine rings is 1. The first-order valence-electron chi connectivity index (χ1n) is 2.59. The molecule has 0 saturated carbocycles. The normalized spacial score (nSPS) is 10.0. The Hall–Kier alpha value is 0.210. The number of hydrogen-bond acceptors (Lipinski definition) is 1. The Morgan fingerprint density at radius 1 is 1.50 bits per heavy atom. The van der Waals surface area contributed by atoms with Gasteiger partial charge in [0.1, 0.15) is 5.15 Å². The van der Waals surface area contributed by atoms with Gasteiger partial charge in [-0.1, -0.05) is 23.2 Å². The van der Waals surface area contributed by atoms with Crippen LogP contribution in [0.3, 0.4) is 0 Å². The van der Waals surface area contributed by atoms with Crippen molar-refractivity contribution in [2.24, 2.45) is 0 Å². The van der Waals surface area contributed by atoms with Crippen LogP contribution in [0.1, 0.15) is 5.69 Å². The lowest BCUT2D eigenvalue weighted by Crippen LogP contribution is -1.83.